The highest BCUT2D eigenvalue weighted by Crippen LogP contribution is 2.19. The van der Waals surface area contributed by atoms with E-state index in [1.165, 1.54) is 5.56 Å². The van der Waals surface area contributed by atoms with Gasteiger partial charge < -0.3 is 10.0 Å². The molecule has 4 heteroatoms. The van der Waals surface area contributed by atoms with E-state index < -0.39 is 5.97 Å². The molecule has 0 heterocycles. The average Bonchev–Trinajstić information content (AvgIpc) is 2.46. The monoisotopic (exact) mass is 347 g/mol. The van der Waals surface area contributed by atoms with Crippen molar-refractivity contribution in [2.24, 2.45) is 0 Å². The molecule has 1 N–H and O–H groups in total. The van der Waals surface area contributed by atoms with Crippen LogP contribution in [0.3, 0.4) is 0 Å². The van der Waals surface area contributed by atoms with Crippen molar-refractivity contribution in [1.82, 2.24) is 0 Å². The first-order valence-corrected chi connectivity index (χ1v) is 7.62. The zero-order chi connectivity index (χ0) is 15.2. The Balaban J connectivity index is 2.16. The minimum atomic E-state index is -0.775. The molecule has 0 aliphatic carbocycles. The van der Waals surface area contributed by atoms with E-state index in [1.54, 1.807) is 0 Å². The summed E-state index contributed by atoms with van der Waals surface area (Å²) in [4.78, 5) is 12.9. The van der Waals surface area contributed by atoms with Crippen LogP contribution in [0.15, 0.2) is 53.0 Å². The number of carboxylic acids is 1. The molecule has 0 radical (unpaired) electrons. The van der Waals surface area contributed by atoms with Crippen molar-refractivity contribution in [1.29, 1.82) is 0 Å². The minimum absolute atomic E-state index is 0.129. The summed E-state index contributed by atoms with van der Waals surface area (Å²) in [6, 6.07) is 16.3. The minimum Gasteiger partial charge on any atom is -0.481 e. The zero-order valence-corrected chi connectivity index (χ0v) is 13.5. The van der Waals surface area contributed by atoms with Gasteiger partial charge in [0.05, 0.1) is 6.42 Å². The van der Waals surface area contributed by atoms with Crippen LogP contribution in [-0.2, 0) is 11.3 Å². The molecule has 21 heavy (non-hydrogen) atoms. The molecule has 3 nitrogen and oxygen atoms in total. The fourth-order valence-electron chi connectivity index (χ4n) is 2.10. The Morgan fingerprint density at radius 1 is 1.10 bits per heavy atom. The largest absolute Gasteiger partial charge is 0.481 e. The lowest BCUT2D eigenvalue weighted by molar-refractivity contribution is -0.136. The number of hydrogen-bond acceptors (Lipinski definition) is 2. The third kappa shape index (κ3) is 4.90. The number of halogens is 1. The van der Waals surface area contributed by atoms with E-state index in [0.717, 1.165) is 15.7 Å². The normalized spacial score (nSPS) is 10.4. The van der Waals surface area contributed by atoms with Crippen LogP contribution in [0, 0.1) is 6.92 Å². The van der Waals surface area contributed by atoms with Gasteiger partial charge in [-0.05, 0) is 36.8 Å². The third-order valence-corrected chi connectivity index (χ3v) is 3.81. The molecule has 0 saturated heterocycles. The number of nitrogens with zero attached hydrogens (tertiary/aromatic N) is 1. The van der Waals surface area contributed by atoms with E-state index in [9.17, 15) is 4.79 Å². The third-order valence-electron chi connectivity index (χ3n) is 3.28. The van der Waals surface area contributed by atoms with Crippen LogP contribution in [0.2, 0.25) is 0 Å². The average molecular weight is 348 g/mol. The summed E-state index contributed by atoms with van der Waals surface area (Å²) >= 11 is 3.42. The summed E-state index contributed by atoms with van der Waals surface area (Å²) in [5, 5.41) is 8.92. The predicted molar refractivity (Wildman–Crippen MR) is 88.6 cm³/mol. The van der Waals surface area contributed by atoms with E-state index in [0.29, 0.717) is 13.1 Å². The Morgan fingerprint density at radius 2 is 1.71 bits per heavy atom. The fraction of sp³-hybridized carbons (Fsp3) is 0.235. The molecule has 0 fully saturated rings. The highest BCUT2D eigenvalue weighted by molar-refractivity contribution is 9.10. The molecule has 0 bridgehead atoms. The second-order valence-electron chi connectivity index (χ2n) is 5.03. The van der Waals surface area contributed by atoms with Crippen molar-refractivity contribution in [3.05, 3.63) is 64.1 Å². The highest BCUT2D eigenvalue weighted by atomic mass is 79.9. The van der Waals surface area contributed by atoms with Gasteiger partial charge in [0.25, 0.3) is 0 Å². The topological polar surface area (TPSA) is 40.5 Å². The maximum Gasteiger partial charge on any atom is 0.305 e. The molecule has 2 aromatic carbocycles. The van der Waals surface area contributed by atoms with Gasteiger partial charge >= 0.3 is 5.97 Å². The van der Waals surface area contributed by atoms with Crippen molar-refractivity contribution >= 4 is 27.6 Å². The lowest BCUT2D eigenvalue weighted by atomic mass is 10.1. The number of benzene rings is 2. The van der Waals surface area contributed by atoms with Crippen molar-refractivity contribution in [3.8, 4) is 0 Å². The van der Waals surface area contributed by atoms with Gasteiger partial charge in [-0.15, -0.1) is 0 Å². The molecular weight excluding hydrogens is 330 g/mol. The second kappa shape index (κ2) is 7.27. The van der Waals surface area contributed by atoms with Crippen LogP contribution in [0.4, 0.5) is 5.69 Å². The lowest BCUT2D eigenvalue weighted by Gasteiger charge is -2.24. The molecule has 0 saturated carbocycles. The van der Waals surface area contributed by atoms with E-state index >= 15 is 0 Å². The molecule has 0 aromatic heterocycles. The fourth-order valence-corrected chi connectivity index (χ4v) is 2.36. The van der Waals surface area contributed by atoms with Gasteiger partial charge in [0, 0.05) is 23.2 Å². The van der Waals surface area contributed by atoms with E-state index in [2.05, 4.69) is 20.8 Å². The van der Waals surface area contributed by atoms with Crippen LogP contribution < -0.4 is 4.90 Å². The van der Waals surface area contributed by atoms with Gasteiger partial charge in [0.1, 0.15) is 0 Å². The summed E-state index contributed by atoms with van der Waals surface area (Å²) in [6.07, 6.45) is 0.129. The maximum absolute atomic E-state index is 10.9. The quantitative estimate of drug-likeness (QED) is 0.849. The van der Waals surface area contributed by atoms with Crippen molar-refractivity contribution < 1.29 is 9.90 Å². The van der Waals surface area contributed by atoms with Gasteiger partial charge in [-0.3, -0.25) is 4.79 Å². The number of hydrogen-bond donors (Lipinski definition) is 1. The molecular formula is C17H18BrNO2. The Hall–Kier alpha value is -1.81. The molecule has 0 unspecified atom stereocenters. The molecule has 110 valence electrons. The summed E-state index contributed by atoms with van der Waals surface area (Å²) < 4.78 is 1.04. The van der Waals surface area contributed by atoms with Crippen molar-refractivity contribution in [2.45, 2.75) is 19.9 Å². The number of rotatable bonds is 6. The lowest BCUT2D eigenvalue weighted by Crippen LogP contribution is -2.25. The molecule has 0 amide bonds. The summed E-state index contributed by atoms with van der Waals surface area (Å²) in [5.41, 5.74) is 3.40. The number of anilines is 1. The summed E-state index contributed by atoms with van der Waals surface area (Å²) in [7, 11) is 0. The number of carbonyl (C=O) groups is 1. The Bertz CT molecular complexity index is 593. The molecule has 0 aliphatic heterocycles. The highest BCUT2D eigenvalue weighted by Gasteiger charge is 2.09. The van der Waals surface area contributed by atoms with Crippen LogP contribution in [0.1, 0.15) is 17.5 Å². The molecule has 0 aliphatic rings. The molecule has 0 atom stereocenters. The van der Waals surface area contributed by atoms with Crippen LogP contribution >= 0.6 is 15.9 Å². The first-order chi connectivity index (χ1) is 10.0. The van der Waals surface area contributed by atoms with Gasteiger partial charge in [-0.1, -0.05) is 45.8 Å². The number of aryl methyl sites for hydroxylation is 1. The standard InChI is InChI=1S/C17H18BrNO2/c1-13-2-8-16(9-3-13)19(11-10-17(20)21)12-14-4-6-15(18)7-5-14/h2-9H,10-12H2,1H3,(H,20,21). The van der Waals surface area contributed by atoms with Crippen molar-refractivity contribution in [3.63, 3.8) is 0 Å². The van der Waals surface area contributed by atoms with Gasteiger partial charge in [-0.2, -0.15) is 0 Å². The smallest absolute Gasteiger partial charge is 0.305 e. The Labute approximate surface area is 133 Å². The van der Waals surface area contributed by atoms with E-state index in [1.807, 2.05) is 55.5 Å². The van der Waals surface area contributed by atoms with E-state index in [-0.39, 0.29) is 6.42 Å². The van der Waals surface area contributed by atoms with Gasteiger partial charge in [0.2, 0.25) is 0 Å². The SMILES string of the molecule is Cc1ccc(N(CCC(=O)O)Cc2ccc(Br)cc2)cc1. The Morgan fingerprint density at radius 3 is 2.29 bits per heavy atom. The van der Waals surface area contributed by atoms with Gasteiger partial charge in [0.15, 0.2) is 0 Å². The first-order valence-electron chi connectivity index (χ1n) is 6.82. The van der Waals surface area contributed by atoms with Crippen LogP contribution in [0.25, 0.3) is 0 Å². The molecule has 0 spiro atoms. The second-order valence-corrected chi connectivity index (χ2v) is 5.94. The molecule has 2 rings (SSSR count). The maximum atomic E-state index is 10.9. The summed E-state index contributed by atoms with van der Waals surface area (Å²) in [5.74, 6) is -0.775. The van der Waals surface area contributed by atoms with Crippen LogP contribution in [0.5, 0.6) is 0 Å². The summed E-state index contributed by atoms with van der Waals surface area (Å²) in [6.45, 7) is 3.23. The predicted octanol–water partition coefficient (Wildman–Crippen LogP) is 4.24. The Kier molecular flexibility index (Phi) is 5.39. The van der Waals surface area contributed by atoms with Crippen molar-refractivity contribution in [2.75, 3.05) is 11.4 Å². The first kappa shape index (κ1) is 15.6. The van der Waals surface area contributed by atoms with Gasteiger partial charge in [-0.25, -0.2) is 0 Å². The molecule has 2 aromatic rings. The van der Waals surface area contributed by atoms with Crippen LogP contribution in [-0.4, -0.2) is 17.6 Å². The number of aliphatic carboxylic acids is 1. The zero-order valence-electron chi connectivity index (χ0n) is 11.9. The van der Waals surface area contributed by atoms with E-state index in [4.69, 9.17) is 5.11 Å². The number of carboxylic acid groups (broad SMARTS) is 1.